The number of benzene rings is 2. The lowest BCUT2D eigenvalue weighted by Gasteiger charge is -2.14. The Balaban J connectivity index is 2.00. The number of fused-ring (bicyclic) bond motifs is 1. The predicted molar refractivity (Wildman–Crippen MR) is 112 cm³/mol. The van der Waals surface area contributed by atoms with Crippen molar-refractivity contribution in [1.82, 2.24) is 9.97 Å². The minimum atomic E-state index is -1.40. The summed E-state index contributed by atoms with van der Waals surface area (Å²) in [6, 6.07) is 12.8. The van der Waals surface area contributed by atoms with Gasteiger partial charge in [0.2, 0.25) is 0 Å². The van der Waals surface area contributed by atoms with Crippen molar-refractivity contribution in [2.75, 3.05) is 30.0 Å². The second kappa shape index (κ2) is 9.05. The number of nitrogens with one attached hydrogen (secondary N) is 2. The molecule has 0 aliphatic heterocycles. The molecule has 0 saturated heterocycles. The zero-order chi connectivity index (χ0) is 19.9. The molecular formula is C19H21N5O3S. The van der Waals surface area contributed by atoms with Gasteiger partial charge in [-0.25, -0.2) is 14.2 Å². The van der Waals surface area contributed by atoms with Gasteiger partial charge in [0.1, 0.15) is 22.5 Å². The number of para-hydroxylation sites is 2. The molecule has 0 amide bonds. The average molecular weight is 399 g/mol. The van der Waals surface area contributed by atoms with E-state index in [9.17, 15) is 4.21 Å². The van der Waals surface area contributed by atoms with Gasteiger partial charge in [0.15, 0.2) is 11.6 Å². The highest BCUT2D eigenvalue weighted by Crippen LogP contribution is 2.30. The fraction of sp³-hybridized carbons (Fsp3) is 0.158. The van der Waals surface area contributed by atoms with Crippen LogP contribution in [0.3, 0.4) is 0 Å². The van der Waals surface area contributed by atoms with E-state index in [1.54, 1.807) is 38.5 Å². The minimum Gasteiger partial charge on any atom is -0.497 e. The lowest BCUT2D eigenvalue weighted by molar-refractivity contribution is 0.395. The molecule has 146 valence electrons. The molecule has 8 nitrogen and oxygen atoms in total. The van der Waals surface area contributed by atoms with Gasteiger partial charge >= 0.3 is 0 Å². The molecule has 3 aromatic rings. The molecule has 0 fully saturated rings. The average Bonchev–Trinajstić information content (AvgIpc) is 2.72. The van der Waals surface area contributed by atoms with Gasteiger partial charge in [0, 0.05) is 23.9 Å². The highest BCUT2D eigenvalue weighted by molar-refractivity contribution is 7.86. The van der Waals surface area contributed by atoms with Gasteiger partial charge in [-0.1, -0.05) is 18.2 Å². The maximum absolute atomic E-state index is 12.3. The summed E-state index contributed by atoms with van der Waals surface area (Å²) in [7, 11) is 1.75. The minimum absolute atomic E-state index is 0.247. The van der Waals surface area contributed by atoms with Gasteiger partial charge in [-0.3, -0.25) is 4.72 Å². The number of rotatable bonds is 8. The van der Waals surface area contributed by atoms with Crippen LogP contribution in [0.15, 0.2) is 54.7 Å². The third-order valence-corrected chi connectivity index (χ3v) is 4.70. The van der Waals surface area contributed by atoms with E-state index >= 15 is 0 Å². The third-order valence-electron chi connectivity index (χ3n) is 3.78. The van der Waals surface area contributed by atoms with Crippen molar-refractivity contribution in [3.8, 4) is 11.5 Å². The van der Waals surface area contributed by atoms with Gasteiger partial charge in [-0.2, -0.15) is 0 Å². The number of methoxy groups -OCH3 is 2. The Bertz CT molecular complexity index is 1000. The van der Waals surface area contributed by atoms with Gasteiger partial charge in [-0.15, -0.1) is 0 Å². The van der Waals surface area contributed by atoms with Crippen LogP contribution >= 0.6 is 0 Å². The highest BCUT2D eigenvalue weighted by atomic mass is 32.2. The summed E-state index contributed by atoms with van der Waals surface area (Å²) in [5.41, 5.74) is 7.41. The van der Waals surface area contributed by atoms with Crippen LogP contribution in [0.4, 0.5) is 17.3 Å². The van der Waals surface area contributed by atoms with Gasteiger partial charge in [-0.05, 0) is 18.3 Å². The molecule has 0 bridgehead atoms. The Labute approximate surface area is 165 Å². The van der Waals surface area contributed by atoms with Crippen LogP contribution in [0.25, 0.3) is 11.0 Å². The Kier molecular flexibility index (Phi) is 6.28. The van der Waals surface area contributed by atoms with Crippen LogP contribution in [0.2, 0.25) is 0 Å². The number of hydrogen-bond acceptors (Lipinski definition) is 7. The summed E-state index contributed by atoms with van der Waals surface area (Å²) in [5.74, 6) is 2.30. The molecule has 2 aromatic carbocycles. The number of nitrogens with zero attached hydrogens (tertiary/aromatic N) is 2. The summed E-state index contributed by atoms with van der Waals surface area (Å²) >= 11 is 0. The van der Waals surface area contributed by atoms with E-state index in [1.165, 1.54) is 6.20 Å². The van der Waals surface area contributed by atoms with E-state index in [2.05, 4.69) is 20.0 Å². The quantitative estimate of drug-likeness (QED) is 0.534. The molecule has 1 unspecified atom stereocenters. The van der Waals surface area contributed by atoms with Crippen LogP contribution in [0.1, 0.15) is 0 Å². The van der Waals surface area contributed by atoms with Crippen LogP contribution in [0, 0.1) is 0 Å². The smallest absolute Gasteiger partial charge is 0.182 e. The molecule has 0 spiro atoms. The summed E-state index contributed by atoms with van der Waals surface area (Å²) in [4.78, 5) is 9.18. The fourth-order valence-corrected chi connectivity index (χ4v) is 3.19. The molecular weight excluding hydrogens is 378 g/mol. The summed E-state index contributed by atoms with van der Waals surface area (Å²) in [5, 5.41) is 3.20. The van der Waals surface area contributed by atoms with E-state index in [4.69, 9.17) is 15.2 Å². The van der Waals surface area contributed by atoms with E-state index in [1.807, 2.05) is 24.3 Å². The van der Waals surface area contributed by atoms with Crippen molar-refractivity contribution in [2.45, 2.75) is 0 Å². The third kappa shape index (κ3) is 4.68. The lowest BCUT2D eigenvalue weighted by atomic mass is 10.2. The first kappa shape index (κ1) is 19.4. The standard InChI is InChI=1S/C19H21N5O3S/c1-26-14-10-13(11-15(12-14)27-2)21-18-19(24-28(25)9-5-8-20)23-17-7-4-3-6-16(17)22-18/h3-8,10-12H,9,20H2,1-2H3,(H,21,22)(H,23,24)/b8-5+. The molecule has 0 aliphatic carbocycles. The highest BCUT2D eigenvalue weighted by Gasteiger charge is 2.12. The molecule has 28 heavy (non-hydrogen) atoms. The molecule has 4 N–H and O–H groups in total. The van der Waals surface area contributed by atoms with Crippen molar-refractivity contribution in [1.29, 1.82) is 0 Å². The Morgan fingerprint density at radius 2 is 1.64 bits per heavy atom. The summed E-state index contributed by atoms with van der Waals surface area (Å²) < 4.78 is 25.8. The number of nitrogens with two attached hydrogens (primary N) is 1. The van der Waals surface area contributed by atoms with Crippen molar-refractivity contribution >= 4 is 39.3 Å². The van der Waals surface area contributed by atoms with Crippen molar-refractivity contribution in [3.05, 3.63) is 54.7 Å². The second-order valence-electron chi connectivity index (χ2n) is 5.68. The van der Waals surface area contributed by atoms with Crippen molar-refractivity contribution in [3.63, 3.8) is 0 Å². The number of anilines is 3. The molecule has 1 aromatic heterocycles. The summed E-state index contributed by atoms with van der Waals surface area (Å²) in [6.07, 6.45) is 2.96. The predicted octanol–water partition coefficient (Wildman–Crippen LogP) is 2.94. The molecule has 9 heteroatoms. The monoisotopic (exact) mass is 399 g/mol. The largest absolute Gasteiger partial charge is 0.497 e. The Hall–Kier alpha value is -3.33. The molecule has 1 heterocycles. The van der Waals surface area contributed by atoms with Crippen LogP contribution < -0.4 is 25.2 Å². The maximum Gasteiger partial charge on any atom is 0.182 e. The van der Waals surface area contributed by atoms with Crippen molar-refractivity contribution in [2.24, 2.45) is 5.73 Å². The fourth-order valence-electron chi connectivity index (χ4n) is 2.47. The summed E-state index contributed by atoms with van der Waals surface area (Å²) in [6.45, 7) is 0. The van der Waals surface area contributed by atoms with Crippen molar-refractivity contribution < 1.29 is 13.7 Å². The van der Waals surface area contributed by atoms with Gasteiger partial charge < -0.3 is 20.5 Å². The number of aromatic nitrogens is 2. The lowest BCUT2D eigenvalue weighted by Crippen LogP contribution is -2.11. The number of ether oxygens (including phenoxy) is 2. The Morgan fingerprint density at radius 3 is 2.21 bits per heavy atom. The number of hydrogen-bond donors (Lipinski definition) is 3. The first-order valence-electron chi connectivity index (χ1n) is 8.41. The molecule has 3 rings (SSSR count). The van der Waals surface area contributed by atoms with E-state index < -0.39 is 11.0 Å². The van der Waals surface area contributed by atoms with Crippen LogP contribution in [-0.2, 0) is 11.0 Å². The maximum atomic E-state index is 12.3. The first-order chi connectivity index (χ1) is 13.6. The second-order valence-corrected chi connectivity index (χ2v) is 6.91. The van der Waals surface area contributed by atoms with E-state index in [-0.39, 0.29) is 5.75 Å². The topological polar surface area (TPSA) is 111 Å². The van der Waals surface area contributed by atoms with Gasteiger partial charge in [0.25, 0.3) is 0 Å². The molecule has 0 saturated carbocycles. The molecule has 0 radical (unpaired) electrons. The Morgan fingerprint density at radius 1 is 1.04 bits per heavy atom. The van der Waals surface area contributed by atoms with Gasteiger partial charge in [0.05, 0.1) is 31.0 Å². The van der Waals surface area contributed by atoms with E-state index in [0.717, 1.165) is 0 Å². The molecule has 1 atom stereocenters. The first-order valence-corrected chi connectivity index (χ1v) is 9.73. The zero-order valence-electron chi connectivity index (χ0n) is 15.5. The van der Waals surface area contributed by atoms with Crippen LogP contribution in [0.5, 0.6) is 11.5 Å². The SMILES string of the molecule is COc1cc(Nc2nc3ccccc3nc2NS(=O)C/C=C/N)cc(OC)c1. The molecule has 0 aliphatic rings. The van der Waals surface area contributed by atoms with E-state index in [0.29, 0.717) is 39.9 Å². The zero-order valence-corrected chi connectivity index (χ0v) is 16.3. The van der Waals surface area contributed by atoms with Crippen LogP contribution in [-0.4, -0.2) is 34.1 Å². The normalized spacial score (nSPS) is 12.1.